The van der Waals surface area contributed by atoms with Gasteiger partial charge in [0.2, 0.25) is 0 Å². The number of halogens is 3. The quantitative estimate of drug-likeness (QED) is 0.214. The monoisotopic (exact) mass is 564 g/mol. The van der Waals surface area contributed by atoms with Crippen molar-refractivity contribution in [1.82, 2.24) is 5.43 Å². The van der Waals surface area contributed by atoms with Crippen LogP contribution in [-0.2, 0) is 6.61 Å². The molecule has 0 spiro atoms. The Morgan fingerprint density at radius 2 is 1.85 bits per heavy atom. The smallest absolute Gasteiger partial charge is 0.271 e. The molecular formula is C25H23BrCl2N2O4. The third-order valence-electron chi connectivity index (χ3n) is 4.61. The van der Waals surface area contributed by atoms with Gasteiger partial charge in [0.1, 0.15) is 12.4 Å². The molecule has 3 rings (SSSR count). The van der Waals surface area contributed by atoms with E-state index in [1.165, 1.54) is 6.21 Å². The number of hydrogen-bond donors (Lipinski definition) is 1. The lowest BCUT2D eigenvalue weighted by molar-refractivity contribution is 0.0955. The van der Waals surface area contributed by atoms with E-state index < -0.39 is 0 Å². The second-order valence-electron chi connectivity index (χ2n) is 7.13. The topological polar surface area (TPSA) is 69.2 Å². The van der Waals surface area contributed by atoms with Crippen molar-refractivity contribution in [2.45, 2.75) is 20.0 Å². The van der Waals surface area contributed by atoms with Crippen molar-refractivity contribution >= 4 is 51.3 Å². The predicted octanol–water partition coefficient (Wildman–Crippen LogP) is 6.90. The lowest BCUT2D eigenvalue weighted by Crippen LogP contribution is -2.17. The van der Waals surface area contributed by atoms with E-state index in [4.69, 9.17) is 37.4 Å². The van der Waals surface area contributed by atoms with Gasteiger partial charge in [-0.3, -0.25) is 4.79 Å². The van der Waals surface area contributed by atoms with Gasteiger partial charge >= 0.3 is 0 Å². The number of carbonyl (C=O) groups is 1. The maximum atomic E-state index is 12.3. The third kappa shape index (κ3) is 7.13. The summed E-state index contributed by atoms with van der Waals surface area (Å²) in [5, 5.41) is 5.12. The minimum Gasteiger partial charge on any atom is -0.494 e. The molecule has 0 saturated heterocycles. The van der Waals surface area contributed by atoms with E-state index in [9.17, 15) is 4.79 Å². The van der Waals surface area contributed by atoms with E-state index in [0.29, 0.717) is 43.8 Å². The summed E-state index contributed by atoms with van der Waals surface area (Å²) in [7, 11) is 1.54. The largest absolute Gasteiger partial charge is 0.494 e. The Morgan fingerprint density at radius 3 is 2.53 bits per heavy atom. The predicted molar refractivity (Wildman–Crippen MR) is 139 cm³/mol. The SMILES string of the molecule is CCCOc1ccc(C(=O)N/N=C\c2cc(Br)c(OCc3ccc(Cl)cc3Cl)c(OC)c2)cc1. The molecule has 3 aromatic carbocycles. The number of benzene rings is 3. The van der Waals surface area contributed by atoms with Crippen molar-refractivity contribution in [3.05, 3.63) is 85.8 Å². The molecule has 3 aromatic rings. The number of amides is 1. The van der Waals surface area contributed by atoms with Crippen molar-refractivity contribution in [3.8, 4) is 17.2 Å². The molecule has 0 heterocycles. The molecule has 0 aliphatic heterocycles. The first-order valence-corrected chi connectivity index (χ1v) is 12.0. The summed E-state index contributed by atoms with van der Waals surface area (Å²) >= 11 is 15.7. The normalized spacial score (nSPS) is 10.9. The number of ether oxygens (including phenoxy) is 3. The first-order valence-electron chi connectivity index (χ1n) is 10.4. The van der Waals surface area contributed by atoms with Crippen LogP contribution in [0.4, 0.5) is 0 Å². The molecule has 0 fully saturated rings. The van der Waals surface area contributed by atoms with Crippen molar-refractivity contribution < 1.29 is 19.0 Å². The summed E-state index contributed by atoms with van der Waals surface area (Å²) < 4.78 is 17.6. The molecule has 9 heteroatoms. The lowest BCUT2D eigenvalue weighted by Gasteiger charge is -2.14. The second-order valence-corrected chi connectivity index (χ2v) is 8.83. The van der Waals surface area contributed by atoms with Gasteiger partial charge in [0.05, 0.1) is 24.4 Å². The summed E-state index contributed by atoms with van der Waals surface area (Å²) in [6.45, 7) is 2.90. The van der Waals surface area contributed by atoms with Gasteiger partial charge in [0.15, 0.2) is 11.5 Å². The molecule has 34 heavy (non-hydrogen) atoms. The first kappa shape index (κ1) is 25.9. The Kier molecular flexibility index (Phi) is 9.62. The van der Waals surface area contributed by atoms with Crippen LogP contribution >= 0.6 is 39.1 Å². The fraction of sp³-hybridized carbons (Fsp3) is 0.200. The molecule has 1 amide bonds. The maximum absolute atomic E-state index is 12.3. The highest BCUT2D eigenvalue weighted by Gasteiger charge is 2.13. The molecule has 0 radical (unpaired) electrons. The zero-order chi connectivity index (χ0) is 24.5. The number of rotatable bonds is 10. The van der Waals surface area contributed by atoms with Crippen LogP contribution in [0.1, 0.15) is 34.8 Å². The van der Waals surface area contributed by atoms with Crippen molar-refractivity contribution in [3.63, 3.8) is 0 Å². The summed E-state index contributed by atoms with van der Waals surface area (Å²) in [6, 6.07) is 15.7. The highest BCUT2D eigenvalue weighted by Crippen LogP contribution is 2.37. The highest BCUT2D eigenvalue weighted by atomic mass is 79.9. The molecule has 0 aromatic heterocycles. The summed E-state index contributed by atoms with van der Waals surface area (Å²) in [6.07, 6.45) is 2.44. The Morgan fingerprint density at radius 1 is 1.09 bits per heavy atom. The lowest BCUT2D eigenvalue weighted by atomic mass is 10.2. The van der Waals surface area contributed by atoms with E-state index in [2.05, 4.69) is 26.5 Å². The average Bonchev–Trinajstić information content (AvgIpc) is 2.83. The van der Waals surface area contributed by atoms with Gasteiger partial charge in [-0.1, -0.05) is 36.2 Å². The molecule has 178 valence electrons. The molecule has 6 nitrogen and oxygen atoms in total. The molecule has 0 aliphatic carbocycles. The van der Waals surface area contributed by atoms with Crippen LogP contribution in [0.5, 0.6) is 17.2 Å². The second kappa shape index (κ2) is 12.6. The fourth-order valence-electron chi connectivity index (χ4n) is 2.90. The van der Waals surface area contributed by atoms with Gasteiger partial charge in [-0.2, -0.15) is 5.10 Å². The minimum atomic E-state index is -0.330. The molecule has 0 unspecified atom stereocenters. The summed E-state index contributed by atoms with van der Waals surface area (Å²) in [4.78, 5) is 12.3. The molecule has 0 aliphatic rings. The van der Waals surface area contributed by atoms with Crippen LogP contribution in [0.3, 0.4) is 0 Å². The van der Waals surface area contributed by atoms with Gasteiger partial charge in [0.25, 0.3) is 5.91 Å². The molecular weight excluding hydrogens is 543 g/mol. The number of nitrogens with zero attached hydrogens (tertiary/aromatic N) is 1. The highest BCUT2D eigenvalue weighted by molar-refractivity contribution is 9.10. The van der Waals surface area contributed by atoms with E-state index >= 15 is 0 Å². The molecule has 0 bridgehead atoms. The molecule has 0 atom stereocenters. The Bertz CT molecular complexity index is 1170. The zero-order valence-electron chi connectivity index (χ0n) is 18.6. The summed E-state index contributed by atoms with van der Waals surface area (Å²) in [5.74, 6) is 1.40. The van der Waals surface area contributed by atoms with Gasteiger partial charge in [-0.15, -0.1) is 0 Å². The van der Waals surface area contributed by atoms with Crippen LogP contribution in [0, 0.1) is 0 Å². The average molecular weight is 566 g/mol. The third-order valence-corrected chi connectivity index (χ3v) is 5.78. The van der Waals surface area contributed by atoms with E-state index in [1.807, 2.05) is 6.92 Å². The van der Waals surface area contributed by atoms with Gasteiger partial charge in [-0.05, 0) is 76.4 Å². The van der Waals surface area contributed by atoms with Gasteiger partial charge in [0, 0.05) is 21.2 Å². The van der Waals surface area contributed by atoms with Crippen LogP contribution in [0.2, 0.25) is 10.0 Å². The van der Waals surface area contributed by atoms with Crippen LogP contribution < -0.4 is 19.6 Å². The van der Waals surface area contributed by atoms with Crippen LogP contribution in [0.15, 0.2) is 64.2 Å². The number of hydrogen-bond acceptors (Lipinski definition) is 5. The van der Waals surface area contributed by atoms with Crippen LogP contribution in [0.25, 0.3) is 0 Å². The zero-order valence-corrected chi connectivity index (χ0v) is 21.7. The Balaban J connectivity index is 1.64. The summed E-state index contributed by atoms with van der Waals surface area (Å²) in [5.41, 5.74) is 4.48. The first-order chi connectivity index (χ1) is 16.4. The minimum absolute atomic E-state index is 0.233. The number of nitrogens with one attached hydrogen (secondary N) is 1. The van der Waals surface area contributed by atoms with Crippen molar-refractivity contribution in [2.75, 3.05) is 13.7 Å². The molecule has 1 N–H and O–H groups in total. The standard InChI is InChI=1S/C25H23BrCl2N2O4/c1-3-10-33-20-8-5-17(6-9-20)25(31)30-29-14-16-11-21(26)24(23(12-16)32-2)34-15-18-4-7-19(27)13-22(18)28/h4-9,11-14H,3,10,15H2,1-2H3,(H,30,31)/b29-14-. The van der Waals surface area contributed by atoms with Crippen LogP contribution in [-0.4, -0.2) is 25.8 Å². The number of carbonyl (C=O) groups excluding carboxylic acids is 1. The van der Waals surface area contributed by atoms with E-state index in [-0.39, 0.29) is 12.5 Å². The van der Waals surface area contributed by atoms with Gasteiger partial charge in [-0.25, -0.2) is 5.43 Å². The van der Waals surface area contributed by atoms with Crippen molar-refractivity contribution in [1.29, 1.82) is 0 Å². The number of methoxy groups -OCH3 is 1. The fourth-order valence-corrected chi connectivity index (χ4v) is 3.93. The van der Waals surface area contributed by atoms with E-state index in [0.717, 1.165) is 17.7 Å². The molecule has 0 saturated carbocycles. The Hall–Kier alpha value is -2.74. The van der Waals surface area contributed by atoms with Crippen molar-refractivity contribution in [2.24, 2.45) is 5.10 Å². The Labute approximate surface area is 216 Å². The number of hydrazone groups is 1. The van der Waals surface area contributed by atoms with Gasteiger partial charge < -0.3 is 14.2 Å². The maximum Gasteiger partial charge on any atom is 0.271 e. The van der Waals surface area contributed by atoms with E-state index in [1.54, 1.807) is 61.7 Å².